The molecular weight excluding hydrogens is 140 g/mol. The van der Waals surface area contributed by atoms with Crippen LogP contribution in [0.25, 0.3) is 5.65 Å². The van der Waals surface area contributed by atoms with Crippen LogP contribution in [-0.4, -0.2) is 19.8 Å². The Hall–Kier alpha value is -1.89. The lowest BCUT2D eigenvalue weighted by molar-refractivity contribution is 0.915. The zero-order valence-electron chi connectivity index (χ0n) is 5.60. The Kier molecular flexibility index (Phi) is 1.10. The Bertz CT molecular complexity index is 423. The molecule has 0 fully saturated rings. The number of hydrogen-bond acceptors (Lipinski definition) is 3. The largest absolute Gasteiger partial charge is 0.199 e. The first-order valence-corrected chi connectivity index (χ1v) is 3.04. The molecule has 0 amide bonds. The minimum absolute atomic E-state index is 0.581. The first kappa shape index (κ1) is 5.86. The van der Waals surface area contributed by atoms with Crippen LogP contribution in [0.3, 0.4) is 0 Å². The number of aromatic nitrogens is 4. The van der Waals surface area contributed by atoms with E-state index >= 15 is 0 Å². The summed E-state index contributed by atoms with van der Waals surface area (Å²) >= 11 is 0. The van der Waals surface area contributed by atoms with E-state index in [4.69, 9.17) is 6.42 Å². The van der Waals surface area contributed by atoms with Gasteiger partial charge in [-0.25, -0.2) is 0 Å². The third-order valence-electron chi connectivity index (χ3n) is 1.31. The molecular formula is C7H4N4. The fourth-order valence-corrected chi connectivity index (χ4v) is 0.805. The highest BCUT2D eigenvalue weighted by molar-refractivity contribution is 5.37. The molecule has 0 aliphatic rings. The van der Waals surface area contributed by atoms with Gasteiger partial charge in [-0.1, -0.05) is 0 Å². The zero-order chi connectivity index (χ0) is 7.68. The van der Waals surface area contributed by atoms with Crippen molar-refractivity contribution in [1.82, 2.24) is 19.8 Å². The molecule has 0 aliphatic carbocycles. The maximum atomic E-state index is 5.14. The Morgan fingerprint density at radius 3 is 3.18 bits per heavy atom. The Balaban J connectivity index is 2.79. The van der Waals surface area contributed by atoms with Gasteiger partial charge in [0.15, 0.2) is 5.65 Å². The predicted molar refractivity (Wildman–Crippen MR) is 38.7 cm³/mol. The number of terminal acetylenes is 1. The molecule has 0 spiro atoms. The monoisotopic (exact) mass is 144 g/mol. The first-order valence-electron chi connectivity index (χ1n) is 3.04. The smallest absolute Gasteiger partial charge is 0.177 e. The van der Waals surface area contributed by atoms with E-state index in [0.717, 1.165) is 0 Å². The van der Waals surface area contributed by atoms with Crippen molar-refractivity contribution < 1.29 is 0 Å². The molecule has 52 valence electrons. The van der Waals surface area contributed by atoms with Gasteiger partial charge in [0.2, 0.25) is 0 Å². The average Bonchev–Trinajstić information content (AvgIpc) is 2.50. The average molecular weight is 144 g/mol. The molecule has 0 atom stereocenters. The van der Waals surface area contributed by atoms with Gasteiger partial charge < -0.3 is 0 Å². The molecule has 11 heavy (non-hydrogen) atoms. The van der Waals surface area contributed by atoms with Crippen LogP contribution >= 0.6 is 0 Å². The van der Waals surface area contributed by atoms with Crippen molar-refractivity contribution in [3.63, 3.8) is 0 Å². The Labute approximate surface area is 62.9 Å². The SMILES string of the molecule is C#Cc1ccc2nncn2n1. The van der Waals surface area contributed by atoms with E-state index in [1.165, 1.54) is 10.8 Å². The summed E-state index contributed by atoms with van der Waals surface area (Å²) in [4.78, 5) is 0. The van der Waals surface area contributed by atoms with Gasteiger partial charge in [0.25, 0.3) is 0 Å². The molecule has 2 rings (SSSR count). The number of fused-ring (bicyclic) bond motifs is 1. The van der Waals surface area contributed by atoms with E-state index in [1.54, 1.807) is 12.1 Å². The fraction of sp³-hybridized carbons (Fsp3) is 0. The van der Waals surface area contributed by atoms with Crippen LogP contribution in [0, 0.1) is 12.3 Å². The highest BCUT2D eigenvalue weighted by Gasteiger charge is 1.94. The van der Waals surface area contributed by atoms with Crippen molar-refractivity contribution in [2.45, 2.75) is 0 Å². The van der Waals surface area contributed by atoms with Crippen molar-refractivity contribution in [2.24, 2.45) is 0 Å². The van der Waals surface area contributed by atoms with E-state index in [2.05, 4.69) is 21.2 Å². The summed E-state index contributed by atoms with van der Waals surface area (Å²) in [6, 6.07) is 3.50. The highest BCUT2D eigenvalue weighted by Crippen LogP contribution is 1.96. The lowest BCUT2D eigenvalue weighted by Crippen LogP contribution is -1.92. The van der Waals surface area contributed by atoms with Gasteiger partial charge in [-0.2, -0.15) is 9.61 Å². The predicted octanol–water partition coefficient (Wildman–Crippen LogP) is 0.106. The Morgan fingerprint density at radius 2 is 2.36 bits per heavy atom. The summed E-state index contributed by atoms with van der Waals surface area (Å²) in [5.41, 5.74) is 1.28. The van der Waals surface area contributed by atoms with Crippen molar-refractivity contribution in [3.8, 4) is 12.3 Å². The normalized spacial score (nSPS) is 9.73. The molecule has 0 unspecified atom stereocenters. The first-order chi connectivity index (χ1) is 5.40. The zero-order valence-corrected chi connectivity index (χ0v) is 5.60. The minimum atomic E-state index is 0.581. The lowest BCUT2D eigenvalue weighted by Gasteiger charge is -1.89. The van der Waals surface area contributed by atoms with E-state index in [-0.39, 0.29) is 0 Å². The van der Waals surface area contributed by atoms with Crippen LogP contribution in [0.4, 0.5) is 0 Å². The Morgan fingerprint density at radius 1 is 1.45 bits per heavy atom. The molecule has 0 N–H and O–H groups in total. The van der Waals surface area contributed by atoms with Gasteiger partial charge >= 0.3 is 0 Å². The van der Waals surface area contributed by atoms with Crippen LogP contribution in [0.2, 0.25) is 0 Å². The van der Waals surface area contributed by atoms with Crippen molar-refractivity contribution >= 4 is 5.65 Å². The maximum absolute atomic E-state index is 5.14. The van der Waals surface area contributed by atoms with E-state index in [9.17, 15) is 0 Å². The molecule has 2 heterocycles. The van der Waals surface area contributed by atoms with Crippen LogP contribution in [0.5, 0.6) is 0 Å². The summed E-state index contributed by atoms with van der Waals surface area (Å²) in [6.07, 6.45) is 6.65. The number of hydrogen-bond donors (Lipinski definition) is 0. The maximum Gasteiger partial charge on any atom is 0.177 e. The summed E-state index contributed by atoms with van der Waals surface area (Å²) < 4.78 is 1.54. The van der Waals surface area contributed by atoms with Gasteiger partial charge in [-0.05, 0) is 18.1 Å². The van der Waals surface area contributed by atoms with Gasteiger partial charge in [0, 0.05) is 0 Å². The molecule has 0 saturated carbocycles. The minimum Gasteiger partial charge on any atom is -0.199 e. The van der Waals surface area contributed by atoms with Crippen LogP contribution in [-0.2, 0) is 0 Å². The highest BCUT2D eigenvalue weighted by atomic mass is 15.3. The van der Waals surface area contributed by atoms with E-state index < -0.39 is 0 Å². The third-order valence-corrected chi connectivity index (χ3v) is 1.31. The molecule has 2 aromatic rings. The molecule has 2 aromatic heterocycles. The number of rotatable bonds is 0. The standard InChI is InChI=1S/C7H4N4/c1-2-6-3-4-7-9-8-5-11(7)10-6/h1,3-5H. The van der Waals surface area contributed by atoms with Gasteiger partial charge in [-0.3, -0.25) is 0 Å². The summed E-state index contributed by atoms with van der Waals surface area (Å²) in [7, 11) is 0. The van der Waals surface area contributed by atoms with Crippen LogP contribution in [0.1, 0.15) is 5.69 Å². The topological polar surface area (TPSA) is 43.1 Å². The van der Waals surface area contributed by atoms with Gasteiger partial charge in [0.05, 0.1) is 0 Å². The van der Waals surface area contributed by atoms with Crippen LogP contribution in [0.15, 0.2) is 18.5 Å². The molecule has 0 aromatic carbocycles. The van der Waals surface area contributed by atoms with Crippen molar-refractivity contribution in [2.75, 3.05) is 0 Å². The second-order valence-corrected chi connectivity index (χ2v) is 2.00. The van der Waals surface area contributed by atoms with Crippen molar-refractivity contribution in [3.05, 3.63) is 24.2 Å². The molecule has 0 aliphatic heterocycles. The molecule has 0 bridgehead atoms. The second-order valence-electron chi connectivity index (χ2n) is 2.00. The second kappa shape index (κ2) is 2.06. The van der Waals surface area contributed by atoms with Crippen LogP contribution < -0.4 is 0 Å². The van der Waals surface area contributed by atoms with E-state index in [1.807, 2.05) is 0 Å². The molecule has 4 heteroatoms. The van der Waals surface area contributed by atoms with E-state index in [0.29, 0.717) is 11.3 Å². The lowest BCUT2D eigenvalue weighted by atomic mass is 10.4. The van der Waals surface area contributed by atoms with Gasteiger partial charge in [0.1, 0.15) is 12.0 Å². The van der Waals surface area contributed by atoms with Gasteiger partial charge in [-0.15, -0.1) is 16.6 Å². The quantitative estimate of drug-likeness (QED) is 0.493. The molecule has 0 radical (unpaired) electrons. The molecule has 0 saturated heterocycles. The summed E-state index contributed by atoms with van der Waals surface area (Å²) in [5.74, 6) is 2.42. The van der Waals surface area contributed by atoms with Crippen molar-refractivity contribution in [1.29, 1.82) is 0 Å². The summed E-state index contributed by atoms with van der Waals surface area (Å²) in [6.45, 7) is 0. The molecule has 4 nitrogen and oxygen atoms in total. The number of nitrogens with zero attached hydrogens (tertiary/aromatic N) is 4. The third kappa shape index (κ3) is 0.829. The fourth-order valence-electron chi connectivity index (χ4n) is 0.805. The summed E-state index contributed by atoms with van der Waals surface area (Å²) in [5, 5.41) is 11.4.